The van der Waals surface area contributed by atoms with Gasteiger partial charge < -0.3 is 9.40 Å². The number of imidazole rings is 1. The normalized spacial score (nSPS) is 11.6. The molecule has 0 saturated carbocycles. The van der Waals surface area contributed by atoms with Crippen molar-refractivity contribution in [3.05, 3.63) is 66.7 Å². The summed E-state index contributed by atoms with van der Waals surface area (Å²) in [5.74, 6) is -0.318. The standard InChI is InChI=1S/C19H19N3O2/c1-2-5-19(23)24-21-18(13-22-11-10-20-14-22)17-9-8-15-6-3-4-7-16(15)12-17/h3-4,6-12,14H,2,5,13H2,1H3/b21-18-. The molecule has 0 aliphatic heterocycles. The molecule has 2 aromatic carbocycles. The lowest BCUT2D eigenvalue weighted by Crippen LogP contribution is -2.12. The Morgan fingerprint density at radius 1 is 1.21 bits per heavy atom. The molecule has 0 aliphatic carbocycles. The Bertz CT molecular complexity index is 854. The van der Waals surface area contributed by atoms with E-state index in [-0.39, 0.29) is 5.97 Å². The second-order valence-electron chi connectivity index (χ2n) is 5.55. The Labute approximate surface area is 140 Å². The minimum Gasteiger partial charge on any atom is -0.331 e. The van der Waals surface area contributed by atoms with Gasteiger partial charge in [-0.15, -0.1) is 0 Å². The molecular weight excluding hydrogens is 302 g/mol. The van der Waals surface area contributed by atoms with Crippen molar-refractivity contribution in [1.29, 1.82) is 0 Å². The zero-order chi connectivity index (χ0) is 16.8. The minimum absolute atomic E-state index is 0.318. The molecule has 5 heteroatoms. The van der Waals surface area contributed by atoms with Crippen LogP contribution in [0.15, 0.2) is 66.3 Å². The summed E-state index contributed by atoms with van der Waals surface area (Å²) in [5, 5.41) is 6.39. The lowest BCUT2D eigenvalue weighted by atomic mass is 10.0. The number of rotatable bonds is 6. The number of nitrogens with zero attached hydrogens (tertiary/aromatic N) is 3. The predicted octanol–water partition coefficient (Wildman–Crippen LogP) is 3.78. The maximum atomic E-state index is 11.6. The quantitative estimate of drug-likeness (QED) is 0.394. The van der Waals surface area contributed by atoms with Crippen LogP contribution >= 0.6 is 0 Å². The highest BCUT2D eigenvalue weighted by atomic mass is 16.7. The van der Waals surface area contributed by atoms with Crippen LogP contribution < -0.4 is 0 Å². The van der Waals surface area contributed by atoms with Crippen LogP contribution in [0.1, 0.15) is 25.3 Å². The van der Waals surface area contributed by atoms with E-state index in [0.29, 0.717) is 18.7 Å². The van der Waals surface area contributed by atoms with Gasteiger partial charge in [0.2, 0.25) is 0 Å². The zero-order valence-corrected chi connectivity index (χ0v) is 13.6. The zero-order valence-electron chi connectivity index (χ0n) is 13.6. The molecule has 1 heterocycles. The third kappa shape index (κ3) is 3.87. The highest BCUT2D eigenvalue weighted by molar-refractivity contribution is 6.03. The maximum Gasteiger partial charge on any atom is 0.335 e. The molecule has 0 aliphatic rings. The van der Waals surface area contributed by atoms with Crippen LogP contribution in [0.4, 0.5) is 0 Å². The molecule has 0 fully saturated rings. The first kappa shape index (κ1) is 15.9. The molecule has 122 valence electrons. The maximum absolute atomic E-state index is 11.6. The number of carbonyl (C=O) groups is 1. The fourth-order valence-electron chi connectivity index (χ4n) is 2.45. The summed E-state index contributed by atoms with van der Waals surface area (Å²) in [4.78, 5) is 20.8. The smallest absolute Gasteiger partial charge is 0.331 e. The largest absolute Gasteiger partial charge is 0.335 e. The lowest BCUT2D eigenvalue weighted by Gasteiger charge is -2.08. The lowest BCUT2D eigenvalue weighted by molar-refractivity contribution is -0.143. The number of aromatic nitrogens is 2. The van der Waals surface area contributed by atoms with E-state index >= 15 is 0 Å². The van der Waals surface area contributed by atoms with Gasteiger partial charge in [0.1, 0.15) is 5.71 Å². The Hall–Kier alpha value is -2.95. The Morgan fingerprint density at radius 2 is 2.04 bits per heavy atom. The van der Waals surface area contributed by atoms with Gasteiger partial charge in [0.25, 0.3) is 0 Å². The second-order valence-corrected chi connectivity index (χ2v) is 5.55. The van der Waals surface area contributed by atoms with E-state index in [1.54, 1.807) is 12.5 Å². The van der Waals surface area contributed by atoms with Gasteiger partial charge >= 0.3 is 5.97 Å². The molecule has 24 heavy (non-hydrogen) atoms. The number of carbonyl (C=O) groups excluding carboxylic acids is 1. The number of oxime groups is 1. The number of benzene rings is 2. The summed E-state index contributed by atoms with van der Waals surface area (Å²) in [6, 6.07) is 14.2. The van der Waals surface area contributed by atoms with Crippen LogP contribution in [0.2, 0.25) is 0 Å². The molecule has 3 aromatic rings. The molecule has 5 nitrogen and oxygen atoms in total. The Morgan fingerprint density at radius 3 is 2.79 bits per heavy atom. The van der Waals surface area contributed by atoms with Crippen molar-refractivity contribution in [1.82, 2.24) is 9.55 Å². The third-order valence-electron chi connectivity index (χ3n) is 3.69. The van der Waals surface area contributed by atoms with Crippen LogP contribution in [0.3, 0.4) is 0 Å². The molecule has 0 N–H and O–H groups in total. The van der Waals surface area contributed by atoms with Crippen molar-refractivity contribution in [3.63, 3.8) is 0 Å². The van der Waals surface area contributed by atoms with E-state index in [2.05, 4.69) is 28.3 Å². The van der Waals surface area contributed by atoms with E-state index in [4.69, 9.17) is 4.84 Å². The second kappa shape index (κ2) is 7.55. The molecular formula is C19H19N3O2. The molecule has 0 amide bonds. The first-order valence-electron chi connectivity index (χ1n) is 7.98. The van der Waals surface area contributed by atoms with E-state index in [9.17, 15) is 4.79 Å². The summed E-state index contributed by atoms with van der Waals surface area (Å²) in [7, 11) is 0. The third-order valence-corrected chi connectivity index (χ3v) is 3.69. The summed E-state index contributed by atoms with van der Waals surface area (Å²) >= 11 is 0. The SMILES string of the molecule is CCCC(=O)O/N=C(/Cn1ccnc1)c1ccc2ccccc2c1. The Kier molecular flexibility index (Phi) is 5.01. The fraction of sp³-hybridized carbons (Fsp3) is 0.211. The summed E-state index contributed by atoms with van der Waals surface area (Å²) in [6.45, 7) is 2.42. The van der Waals surface area contributed by atoms with Gasteiger partial charge in [-0.25, -0.2) is 9.78 Å². The van der Waals surface area contributed by atoms with Crippen LogP contribution in [0.5, 0.6) is 0 Å². The monoisotopic (exact) mass is 321 g/mol. The molecule has 1 aromatic heterocycles. The molecule has 0 unspecified atom stereocenters. The average molecular weight is 321 g/mol. The van der Waals surface area contributed by atoms with Crippen LogP contribution in [-0.4, -0.2) is 21.2 Å². The Balaban J connectivity index is 1.92. The average Bonchev–Trinajstić information content (AvgIpc) is 3.11. The van der Waals surface area contributed by atoms with Gasteiger partial charge in [0.15, 0.2) is 0 Å². The van der Waals surface area contributed by atoms with E-state index in [1.165, 1.54) is 0 Å². The van der Waals surface area contributed by atoms with Crippen molar-refractivity contribution in [2.75, 3.05) is 0 Å². The summed E-state index contributed by atoms with van der Waals surface area (Å²) in [6.07, 6.45) is 6.37. The molecule has 0 atom stereocenters. The minimum atomic E-state index is -0.318. The predicted molar refractivity (Wildman–Crippen MR) is 93.7 cm³/mol. The van der Waals surface area contributed by atoms with E-state index < -0.39 is 0 Å². The van der Waals surface area contributed by atoms with Gasteiger partial charge in [0, 0.05) is 24.4 Å². The molecule has 0 spiro atoms. The molecule has 0 bridgehead atoms. The van der Waals surface area contributed by atoms with Crippen molar-refractivity contribution in [2.45, 2.75) is 26.3 Å². The van der Waals surface area contributed by atoms with Crippen molar-refractivity contribution >= 4 is 22.5 Å². The van der Waals surface area contributed by atoms with Crippen LogP contribution in [0, 0.1) is 0 Å². The van der Waals surface area contributed by atoms with Crippen LogP contribution in [-0.2, 0) is 16.2 Å². The van der Waals surface area contributed by atoms with Gasteiger partial charge in [0.05, 0.1) is 12.9 Å². The number of fused-ring (bicyclic) bond motifs is 1. The van der Waals surface area contributed by atoms with Crippen LogP contribution in [0.25, 0.3) is 10.8 Å². The molecule has 0 radical (unpaired) electrons. The number of hydrogen-bond acceptors (Lipinski definition) is 4. The van der Waals surface area contributed by atoms with Crippen molar-refractivity contribution in [2.24, 2.45) is 5.16 Å². The molecule has 0 saturated heterocycles. The molecule has 3 rings (SSSR count). The number of hydrogen-bond donors (Lipinski definition) is 0. The summed E-state index contributed by atoms with van der Waals surface area (Å²) in [5.41, 5.74) is 1.61. The topological polar surface area (TPSA) is 56.5 Å². The highest BCUT2D eigenvalue weighted by Gasteiger charge is 2.09. The highest BCUT2D eigenvalue weighted by Crippen LogP contribution is 2.17. The van der Waals surface area contributed by atoms with Gasteiger partial charge in [-0.3, -0.25) is 0 Å². The van der Waals surface area contributed by atoms with Gasteiger partial charge in [-0.2, -0.15) is 0 Å². The van der Waals surface area contributed by atoms with Crippen molar-refractivity contribution in [3.8, 4) is 0 Å². The first-order chi connectivity index (χ1) is 11.8. The summed E-state index contributed by atoms with van der Waals surface area (Å²) < 4.78 is 1.89. The first-order valence-corrected chi connectivity index (χ1v) is 7.98. The fourth-order valence-corrected chi connectivity index (χ4v) is 2.45. The van der Waals surface area contributed by atoms with E-state index in [1.807, 2.05) is 42.0 Å². The van der Waals surface area contributed by atoms with Crippen molar-refractivity contribution < 1.29 is 9.63 Å². The van der Waals surface area contributed by atoms with Gasteiger partial charge in [-0.05, 0) is 23.3 Å². The van der Waals surface area contributed by atoms with Gasteiger partial charge in [-0.1, -0.05) is 48.5 Å². The van der Waals surface area contributed by atoms with E-state index in [0.717, 1.165) is 22.8 Å².